The zero-order valence-corrected chi connectivity index (χ0v) is 18.5. The van der Waals surface area contributed by atoms with Gasteiger partial charge in [0.25, 0.3) is 0 Å². The molecule has 1 amide bonds. The summed E-state index contributed by atoms with van der Waals surface area (Å²) < 4.78 is 29.9. The van der Waals surface area contributed by atoms with Gasteiger partial charge in [-0.1, -0.05) is 36.4 Å². The third-order valence-corrected chi connectivity index (χ3v) is 6.03. The molecule has 1 atom stereocenters. The average molecular weight is 459 g/mol. The largest absolute Gasteiger partial charge is 0.493 e. The summed E-state index contributed by atoms with van der Waals surface area (Å²) in [4.78, 5) is 27.4. The molecule has 6 nitrogen and oxygen atoms in total. The number of carbonyl (C=O) groups excluding carboxylic acids is 2. The standard InChI is InChI=1S/C27H22FNO5/c1-32-24-13-18(9-12-23(24)33-15-17-7-10-19(28)11-8-17)21-14-25(30)29(20-5-3-2-4-6-20)22-16-34-27(31)26(21)22/h2-13,21H,14-16H2,1H3. The highest BCUT2D eigenvalue weighted by Gasteiger charge is 2.43. The molecule has 2 aliphatic rings. The molecule has 1 unspecified atom stereocenters. The molecule has 3 aromatic carbocycles. The van der Waals surface area contributed by atoms with Crippen LogP contribution in [0.5, 0.6) is 11.5 Å². The first-order chi connectivity index (χ1) is 16.5. The number of nitrogens with zero attached hydrogens (tertiary/aromatic N) is 1. The maximum absolute atomic E-state index is 13.2. The van der Waals surface area contributed by atoms with Gasteiger partial charge >= 0.3 is 5.97 Å². The van der Waals surface area contributed by atoms with Crippen LogP contribution in [0.25, 0.3) is 0 Å². The van der Waals surface area contributed by atoms with Crippen LogP contribution in [0.3, 0.4) is 0 Å². The van der Waals surface area contributed by atoms with Crippen LogP contribution in [-0.4, -0.2) is 25.6 Å². The third-order valence-electron chi connectivity index (χ3n) is 6.03. The number of rotatable bonds is 6. The molecule has 0 radical (unpaired) electrons. The predicted octanol–water partition coefficient (Wildman–Crippen LogP) is 4.74. The van der Waals surface area contributed by atoms with E-state index in [9.17, 15) is 14.0 Å². The topological polar surface area (TPSA) is 65.1 Å². The van der Waals surface area contributed by atoms with Crippen molar-refractivity contribution in [2.24, 2.45) is 0 Å². The van der Waals surface area contributed by atoms with Gasteiger partial charge in [0.05, 0.1) is 18.4 Å². The molecule has 0 saturated carbocycles. The molecular formula is C27H22FNO5. The minimum absolute atomic E-state index is 0.0568. The highest BCUT2D eigenvalue weighted by molar-refractivity contribution is 6.06. The van der Waals surface area contributed by atoms with Crippen molar-refractivity contribution in [2.45, 2.75) is 18.9 Å². The molecule has 0 N–H and O–H groups in total. The Kier molecular flexibility index (Phi) is 5.76. The average Bonchev–Trinajstić information content (AvgIpc) is 3.24. The van der Waals surface area contributed by atoms with E-state index in [1.54, 1.807) is 29.2 Å². The van der Waals surface area contributed by atoms with Crippen LogP contribution in [0.1, 0.15) is 23.5 Å². The summed E-state index contributed by atoms with van der Waals surface area (Å²) in [6, 6.07) is 20.7. The van der Waals surface area contributed by atoms with E-state index >= 15 is 0 Å². The Bertz CT molecular complexity index is 1270. The Morgan fingerprint density at radius 1 is 1.00 bits per heavy atom. The van der Waals surface area contributed by atoms with Crippen LogP contribution < -0.4 is 14.4 Å². The highest BCUT2D eigenvalue weighted by Crippen LogP contribution is 2.43. The Labute approximate surface area is 196 Å². The predicted molar refractivity (Wildman–Crippen MR) is 123 cm³/mol. The summed E-state index contributed by atoms with van der Waals surface area (Å²) in [5.74, 6) is -0.291. The number of para-hydroxylation sites is 1. The van der Waals surface area contributed by atoms with Gasteiger partial charge in [-0.3, -0.25) is 9.69 Å². The number of hydrogen-bond acceptors (Lipinski definition) is 5. The molecule has 0 aromatic heterocycles. The van der Waals surface area contributed by atoms with Crippen molar-refractivity contribution in [3.8, 4) is 11.5 Å². The zero-order valence-electron chi connectivity index (χ0n) is 18.5. The second-order valence-corrected chi connectivity index (χ2v) is 8.08. The van der Waals surface area contributed by atoms with Crippen molar-refractivity contribution >= 4 is 17.6 Å². The third kappa shape index (κ3) is 4.01. The number of anilines is 1. The van der Waals surface area contributed by atoms with Crippen LogP contribution in [-0.2, 0) is 20.9 Å². The van der Waals surface area contributed by atoms with Gasteiger partial charge in [-0.15, -0.1) is 0 Å². The van der Waals surface area contributed by atoms with Crippen molar-refractivity contribution in [3.63, 3.8) is 0 Å². The van der Waals surface area contributed by atoms with Crippen LogP contribution in [0.4, 0.5) is 10.1 Å². The summed E-state index contributed by atoms with van der Waals surface area (Å²) in [5, 5.41) is 0. The summed E-state index contributed by atoms with van der Waals surface area (Å²) in [7, 11) is 1.53. The zero-order chi connectivity index (χ0) is 23.7. The first kappa shape index (κ1) is 21.7. The number of cyclic esters (lactones) is 1. The molecule has 34 heavy (non-hydrogen) atoms. The molecule has 5 rings (SSSR count). The number of hydrogen-bond donors (Lipinski definition) is 0. The first-order valence-corrected chi connectivity index (χ1v) is 10.9. The van der Waals surface area contributed by atoms with E-state index < -0.39 is 11.9 Å². The fourth-order valence-electron chi connectivity index (χ4n) is 4.38. The fraction of sp³-hybridized carbons (Fsp3) is 0.185. The van der Waals surface area contributed by atoms with E-state index in [0.717, 1.165) is 11.1 Å². The van der Waals surface area contributed by atoms with Crippen molar-refractivity contribution in [3.05, 3.63) is 101 Å². The van der Waals surface area contributed by atoms with Gasteiger partial charge in [-0.05, 0) is 47.5 Å². The second-order valence-electron chi connectivity index (χ2n) is 8.08. The molecular weight excluding hydrogens is 437 g/mol. The lowest BCUT2D eigenvalue weighted by Crippen LogP contribution is -2.37. The van der Waals surface area contributed by atoms with Crippen molar-refractivity contribution in [2.75, 3.05) is 18.6 Å². The molecule has 0 spiro atoms. The van der Waals surface area contributed by atoms with Crippen molar-refractivity contribution in [1.29, 1.82) is 0 Å². The lowest BCUT2D eigenvalue weighted by Gasteiger charge is -2.32. The minimum atomic E-state index is -0.447. The lowest BCUT2D eigenvalue weighted by atomic mass is 9.84. The summed E-state index contributed by atoms with van der Waals surface area (Å²) >= 11 is 0. The normalized spacial score (nSPS) is 17.5. The molecule has 2 aliphatic heterocycles. The van der Waals surface area contributed by atoms with E-state index in [0.29, 0.717) is 28.5 Å². The Morgan fingerprint density at radius 3 is 2.50 bits per heavy atom. The van der Waals surface area contributed by atoms with E-state index in [-0.39, 0.29) is 31.4 Å². The number of esters is 1. The van der Waals surface area contributed by atoms with Gasteiger partial charge in [-0.25, -0.2) is 9.18 Å². The quantitative estimate of drug-likeness (QED) is 0.498. The smallest absolute Gasteiger partial charge is 0.336 e. The van der Waals surface area contributed by atoms with Gasteiger partial charge < -0.3 is 14.2 Å². The van der Waals surface area contributed by atoms with Crippen LogP contribution >= 0.6 is 0 Å². The van der Waals surface area contributed by atoms with Gasteiger partial charge in [-0.2, -0.15) is 0 Å². The van der Waals surface area contributed by atoms with Crippen LogP contribution in [0.2, 0.25) is 0 Å². The molecule has 0 saturated heterocycles. The molecule has 3 aromatic rings. The van der Waals surface area contributed by atoms with Crippen LogP contribution in [0, 0.1) is 5.82 Å². The second kappa shape index (κ2) is 9.02. The van der Waals surface area contributed by atoms with Gasteiger partial charge in [0.1, 0.15) is 19.0 Å². The Morgan fingerprint density at radius 2 is 1.76 bits per heavy atom. The van der Waals surface area contributed by atoms with Crippen LogP contribution in [0.15, 0.2) is 84.1 Å². The lowest BCUT2D eigenvalue weighted by molar-refractivity contribution is -0.136. The highest BCUT2D eigenvalue weighted by atomic mass is 19.1. The van der Waals surface area contributed by atoms with Gasteiger partial charge in [0.2, 0.25) is 5.91 Å². The Balaban J connectivity index is 1.45. The SMILES string of the molecule is COc1cc(C2CC(=O)N(c3ccccc3)C3=C2C(=O)OC3)ccc1OCc1ccc(F)cc1. The fourth-order valence-corrected chi connectivity index (χ4v) is 4.38. The summed E-state index contributed by atoms with van der Waals surface area (Å²) in [5.41, 5.74) is 3.35. The number of amides is 1. The maximum atomic E-state index is 13.2. The molecule has 2 heterocycles. The van der Waals surface area contributed by atoms with E-state index in [4.69, 9.17) is 14.2 Å². The van der Waals surface area contributed by atoms with E-state index in [2.05, 4.69) is 0 Å². The Hall–Kier alpha value is -4.13. The monoisotopic (exact) mass is 459 g/mol. The maximum Gasteiger partial charge on any atom is 0.336 e. The van der Waals surface area contributed by atoms with Crippen molar-refractivity contribution in [1.82, 2.24) is 0 Å². The number of ether oxygens (including phenoxy) is 3. The summed E-state index contributed by atoms with van der Waals surface area (Å²) in [6.07, 6.45) is 0.127. The molecule has 0 fully saturated rings. The molecule has 0 aliphatic carbocycles. The van der Waals surface area contributed by atoms with Gasteiger partial charge in [0, 0.05) is 18.0 Å². The number of benzene rings is 3. The minimum Gasteiger partial charge on any atom is -0.493 e. The number of methoxy groups -OCH3 is 1. The van der Waals surface area contributed by atoms with E-state index in [1.807, 2.05) is 36.4 Å². The molecule has 0 bridgehead atoms. The molecule has 7 heteroatoms. The summed E-state index contributed by atoms with van der Waals surface area (Å²) in [6.45, 7) is 0.298. The first-order valence-electron chi connectivity index (χ1n) is 10.9. The number of carbonyl (C=O) groups is 2. The van der Waals surface area contributed by atoms with Crippen molar-refractivity contribution < 1.29 is 28.2 Å². The van der Waals surface area contributed by atoms with Gasteiger partial charge in [0.15, 0.2) is 11.5 Å². The van der Waals surface area contributed by atoms with E-state index in [1.165, 1.54) is 19.2 Å². The number of halogens is 1. The molecule has 172 valence electrons.